The predicted octanol–water partition coefficient (Wildman–Crippen LogP) is 4.48. The van der Waals surface area contributed by atoms with Crippen LogP contribution in [0.2, 0.25) is 0 Å². The van der Waals surface area contributed by atoms with Crippen molar-refractivity contribution in [2.24, 2.45) is 0 Å². The SMILES string of the molecule is COc1ccccc1N1CCN(C(=O)c2ccccc2NS(=O)(=O)c2cccc(C(F)(F)F)c2)CC1. The number of para-hydroxylation sites is 3. The Morgan fingerprint density at radius 3 is 2.28 bits per heavy atom. The summed E-state index contributed by atoms with van der Waals surface area (Å²) in [6.45, 7) is 1.88. The van der Waals surface area contributed by atoms with Gasteiger partial charge in [0.2, 0.25) is 0 Å². The van der Waals surface area contributed by atoms with Crippen LogP contribution in [0.25, 0.3) is 0 Å². The summed E-state index contributed by atoms with van der Waals surface area (Å²) in [5, 5.41) is 0. The molecule has 36 heavy (non-hydrogen) atoms. The molecule has 0 unspecified atom stereocenters. The highest BCUT2D eigenvalue weighted by Crippen LogP contribution is 2.32. The lowest BCUT2D eigenvalue weighted by Gasteiger charge is -2.36. The van der Waals surface area contributed by atoms with Gasteiger partial charge in [0, 0.05) is 26.2 Å². The standard InChI is InChI=1S/C25H24F3N3O4S/c1-35-23-12-5-4-11-22(23)30-13-15-31(16-14-30)24(32)20-9-2-3-10-21(20)29-36(33,34)19-8-6-7-18(17-19)25(26,27)28/h2-12,17,29H,13-16H2,1H3. The molecule has 1 aliphatic heterocycles. The Hall–Kier alpha value is -3.73. The number of alkyl halides is 3. The molecular formula is C25H24F3N3O4S. The van der Waals surface area contributed by atoms with Crippen molar-refractivity contribution in [1.29, 1.82) is 0 Å². The number of nitrogens with zero attached hydrogens (tertiary/aromatic N) is 2. The van der Waals surface area contributed by atoms with E-state index in [2.05, 4.69) is 9.62 Å². The summed E-state index contributed by atoms with van der Waals surface area (Å²) in [4.78, 5) is 16.5. The molecule has 0 saturated carbocycles. The molecule has 1 heterocycles. The van der Waals surface area contributed by atoms with Crippen LogP contribution in [0.3, 0.4) is 0 Å². The van der Waals surface area contributed by atoms with E-state index in [-0.39, 0.29) is 17.2 Å². The Bertz CT molecular complexity index is 1350. The van der Waals surface area contributed by atoms with E-state index in [0.29, 0.717) is 32.2 Å². The van der Waals surface area contributed by atoms with Gasteiger partial charge < -0.3 is 14.5 Å². The van der Waals surface area contributed by atoms with E-state index in [0.717, 1.165) is 29.6 Å². The molecule has 7 nitrogen and oxygen atoms in total. The largest absolute Gasteiger partial charge is 0.495 e. The minimum atomic E-state index is -4.69. The van der Waals surface area contributed by atoms with E-state index >= 15 is 0 Å². The molecule has 3 aromatic carbocycles. The zero-order valence-corrected chi connectivity index (χ0v) is 20.1. The van der Waals surface area contributed by atoms with Gasteiger partial charge in [-0.1, -0.05) is 30.3 Å². The van der Waals surface area contributed by atoms with Crippen LogP contribution in [0.1, 0.15) is 15.9 Å². The lowest BCUT2D eigenvalue weighted by atomic mass is 10.1. The number of nitrogens with one attached hydrogen (secondary N) is 1. The third kappa shape index (κ3) is 5.40. The molecule has 0 spiro atoms. The summed E-state index contributed by atoms with van der Waals surface area (Å²) >= 11 is 0. The number of rotatable bonds is 6. The molecule has 0 atom stereocenters. The fourth-order valence-electron chi connectivity index (χ4n) is 4.01. The van der Waals surface area contributed by atoms with Crippen LogP contribution in [-0.2, 0) is 16.2 Å². The fourth-order valence-corrected chi connectivity index (χ4v) is 5.14. The van der Waals surface area contributed by atoms with Crippen LogP contribution < -0.4 is 14.4 Å². The molecule has 1 fully saturated rings. The lowest BCUT2D eigenvalue weighted by Crippen LogP contribution is -2.49. The second kappa shape index (κ2) is 10.1. The van der Waals surface area contributed by atoms with Crippen molar-refractivity contribution in [3.63, 3.8) is 0 Å². The monoisotopic (exact) mass is 519 g/mol. The summed E-state index contributed by atoms with van der Waals surface area (Å²) in [6, 6.07) is 17.1. The van der Waals surface area contributed by atoms with Crippen molar-refractivity contribution in [3.8, 4) is 5.75 Å². The number of hydrogen-bond donors (Lipinski definition) is 1. The van der Waals surface area contributed by atoms with Crippen molar-refractivity contribution in [3.05, 3.63) is 83.9 Å². The molecule has 1 N–H and O–H groups in total. The van der Waals surface area contributed by atoms with E-state index in [4.69, 9.17) is 4.74 Å². The van der Waals surface area contributed by atoms with Crippen LogP contribution in [0.15, 0.2) is 77.7 Å². The first-order valence-corrected chi connectivity index (χ1v) is 12.5. The quantitative estimate of drug-likeness (QED) is 0.520. The van der Waals surface area contributed by atoms with Crippen LogP contribution in [0, 0.1) is 0 Å². The van der Waals surface area contributed by atoms with Crippen LogP contribution in [0.4, 0.5) is 24.5 Å². The highest BCUT2D eigenvalue weighted by atomic mass is 32.2. The maximum absolute atomic E-state index is 13.3. The van der Waals surface area contributed by atoms with Crippen molar-refractivity contribution in [2.75, 3.05) is 42.9 Å². The third-order valence-corrected chi connectivity index (χ3v) is 7.23. The molecule has 1 saturated heterocycles. The molecule has 11 heteroatoms. The Morgan fingerprint density at radius 1 is 0.917 bits per heavy atom. The van der Waals surface area contributed by atoms with Crippen molar-refractivity contribution in [2.45, 2.75) is 11.1 Å². The number of anilines is 2. The minimum Gasteiger partial charge on any atom is -0.495 e. The van der Waals surface area contributed by atoms with E-state index < -0.39 is 26.7 Å². The molecule has 190 valence electrons. The first kappa shape index (κ1) is 25.4. The summed E-state index contributed by atoms with van der Waals surface area (Å²) in [7, 11) is -2.79. The smallest absolute Gasteiger partial charge is 0.416 e. The third-order valence-electron chi connectivity index (χ3n) is 5.87. The molecule has 0 aromatic heterocycles. The number of benzene rings is 3. The molecule has 0 bridgehead atoms. The lowest BCUT2D eigenvalue weighted by molar-refractivity contribution is -0.137. The summed E-state index contributed by atoms with van der Waals surface area (Å²) in [6.07, 6.45) is -4.69. The van der Waals surface area contributed by atoms with Gasteiger partial charge >= 0.3 is 6.18 Å². The maximum atomic E-state index is 13.3. The van der Waals surface area contributed by atoms with Gasteiger partial charge in [0.05, 0.1) is 34.5 Å². The number of methoxy groups -OCH3 is 1. The van der Waals surface area contributed by atoms with Crippen LogP contribution >= 0.6 is 0 Å². The highest BCUT2D eigenvalue weighted by molar-refractivity contribution is 7.92. The molecule has 1 amide bonds. The molecule has 3 aromatic rings. The van der Waals surface area contributed by atoms with E-state index in [1.807, 2.05) is 24.3 Å². The molecule has 4 rings (SSSR count). The highest BCUT2D eigenvalue weighted by Gasteiger charge is 2.32. The minimum absolute atomic E-state index is 0.00734. The molecule has 0 radical (unpaired) electrons. The van der Waals surface area contributed by atoms with Gasteiger partial charge in [0.25, 0.3) is 15.9 Å². The van der Waals surface area contributed by atoms with Gasteiger partial charge in [-0.05, 0) is 42.5 Å². The zero-order valence-electron chi connectivity index (χ0n) is 19.3. The number of amides is 1. The van der Waals surface area contributed by atoms with E-state index in [9.17, 15) is 26.4 Å². The Balaban J connectivity index is 1.51. The van der Waals surface area contributed by atoms with Gasteiger partial charge in [-0.15, -0.1) is 0 Å². The number of hydrogen-bond acceptors (Lipinski definition) is 5. The number of carbonyl (C=O) groups is 1. The van der Waals surface area contributed by atoms with Gasteiger partial charge in [-0.25, -0.2) is 8.42 Å². The number of carbonyl (C=O) groups excluding carboxylic acids is 1. The van der Waals surface area contributed by atoms with E-state index in [1.54, 1.807) is 24.1 Å². The molecule has 1 aliphatic rings. The van der Waals surface area contributed by atoms with Crippen LogP contribution in [0.5, 0.6) is 5.75 Å². The number of ether oxygens (including phenoxy) is 1. The maximum Gasteiger partial charge on any atom is 0.416 e. The number of sulfonamides is 1. The topological polar surface area (TPSA) is 79.0 Å². The number of halogens is 3. The van der Waals surface area contributed by atoms with Gasteiger partial charge in [-0.2, -0.15) is 13.2 Å². The summed E-state index contributed by atoms with van der Waals surface area (Å²) < 4.78 is 72.6. The summed E-state index contributed by atoms with van der Waals surface area (Å²) in [5.74, 6) is 0.351. The molecular weight excluding hydrogens is 495 g/mol. The van der Waals surface area contributed by atoms with Crippen molar-refractivity contribution in [1.82, 2.24) is 4.90 Å². The van der Waals surface area contributed by atoms with Crippen LogP contribution in [-0.4, -0.2) is 52.5 Å². The Morgan fingerprint density at radius 2 is 1.58 bits per heavy atom. The molecule has 0 aliphatic carbocycles. The average Bonchev–Trinajstić information content (AvgIpc) is 2.88. The Labute approximate surface area is 207 Å². The first-order valence-electron chi connectivity index (χ1n) is 11.1. The summed E-state index contributed by atoms with van der Waals surface area (Å²) in [5.41, 5.74) is -0.0603. The van der Waals surface area contributed by atoms with Gasteiger partial charge in [-0.3, -0.25) is 9.52 Å². The predicted molar refractivity (Wildman–Crippen MR) is 130 cm³/mol. The average molecular weight is 520 g/mol. The second-order valence-corrected chi connectivity index (χ2v) is 9.81. The normalized spacial score (nSPS) is 14.4. The number of piperazine rings is 1. The fraction of sp³-hybridized carbons (Fsp3) is 0.240. The first-order chi connectivity index (χ1) is 17.1. The van der Waals surface area contributed by atoms with Crippen molar-refractivity contribution < 1.29 is 31.1 Å². The zero-order chi connectivity index (χ0) is 25.9. The van der Waals surface area contributed by atoms with Gasteiger partial charge in [0.1, 0.15) is 5.75 Å². The van der Waals surface area contributed by atoms with Gasteiger partial charge in [0.15, 0.2) is 0 Å². The van der Waals surface area contributed by atoms with Crippen molar-refractivity contribution >= 4 is 27.3 Å². The Kier molecular flexibility index (Phi) is 7.11. The second-order valence-electron chi connectivity index (χ2n) is 8.13. The van der Waals surface area contributed by atoms with E-state index in [1.165, 1.54) is 12.1 Å².